The molecule has 1 aliphatic heterocycles. The van der Waals surface area contributed by atoms with Crippen LogP contribution >= 0.6 is 0 Å². The van der Waals surface area contributed by atoms with Crippen LogP contribution in [0.3, 0.4) is 0 Å². The normalized spacial score (nSPS) is 21.0. The van der Waals surface area contributed by atoms with Crippen LogP contribution in [0.4, 0.5) is 0 Å². The molecule has 0 N–H and O–H groups in total. The van der Waals surface area contributed by atoms with Crippen molar-refractivity contribution in [2.24, 2.45) is 7.05 Å². The third kappa shape index (κ3) is 3.51. The SMILES string of the molecule is CN(C)Cc1cc(C2CCCCN2S(=O)(=O)N(C)C)nn1C. The maximum Gasteiger partial charge on any atom is 0.282 e. The molecule has 1 atom stereocenters. The van der Waals surface area contributed by atoms with E-state index in [9.17, 15) is 8.42 Å². The second-order valence-electron chi connectivity index (χ2n) is 6.33. The molecule has 0 spiro atoms. The summed E-state index contributed by atoms with van der Waals surface area (Å²) in [5.74, 6) is 0. The topological polar surface area (TPSA) is 61.7 Å². The monoisotopic (exact) mass is 329 g/mol. The first-order valence-corrected chi connectivity index (χ1v) is 9.00. The van der Waals surface area contributed by atoms with Gasteiger partial charge in [-0.2, -0.15) is 22.1 Å². The van der Waals surface area contributed by atoms with Gasteiger partial charge in [0.25, 0.3) is 10.2 Å². The molecule has 8 heteroatoms. The fraction of sp³-hybridized carbons (Fsp3) is 0.786. The van der Waals surface area contributed by atoms with Crippen molar-refractivity contribution < 1.29 is 8.42 Å². The van der Waals surface area contributed by atoms with E-state index in [1.54, 1.807) is 18.4 Å². The molecule has 2 heterocycles. The fourth-order valence-electron chi connectivity index (χ4n) is 2.85. The molecular formula is C14H27N5O2S. The molecule has 0 saturated carbocycles. The average Bonchev–Trinajstić information content (AvgIpc) is 2.79. The van der Waals surface area contributed by atoms with E-state index in [4.69, 9.17) is 0 Å². The maximum atomic E-state index is 12.5. The number of aryl methyl sites for hydroxylation is 1. The minimum Gasteiger partial charge on any atom is -0.304 e. The standard InChI is InChI=1S/C14H27N5O2S/c1-16(2)11-12-10-13(15-18(12)5)14-8-6-7-9-19(14)22(20,21)17(3)4/h10,14H,6-9,11H2,1-5H3. The number of piperidine rings is 1. The lowest BCUT2D eigenvalue weighted by Gasteiger charge is -2.35. The number of rotatable bonds is 5. The second kappa shape index (κ2) is 6.66. The van der Waals surface area contributed by atoms with E-state index >= 15 is 0 Å². The van der Waals surface area contributed by atoms with Crippen LogP contribution in [0.5, 0.6) is 0 Å². The van der Waals surface area contributed by atoms with Gasteiger partial charge in [-0.1, -0.05) is 6.42 Å². The van der Waals surface area contributed by atoms with Gasteiger partial charge < -0.3 is 4.90 Å². The zero-order chi connectivity index (χ0) is 16.5. The third-order valence-electron chi connectivity index (χ3n) is 4.03. The van der Waals surface area contributed by atoms with E-state index in [1.807, 2.05) is 31.9 Å². The summed E-state index contributed by atoms with van der Waals surface area (Å²) in [7, 11) is 5.68. The molecule has 126 valence electrons. The highest BCUT2D eigenvalue weighted by molar-refractivity contribution is 7.86. The molecule has 0 radical (unpaired) electrons. The van der Waals surface area contributed by atoms with Crippen LogP contribution in [-0.4, -0.2) is 66.4 Å². The highest BCUT2D eigenvalue weighted by atomic mass is 32.2. The van der Waals surface area contributed by atoms with Crippen molar-refractivity contribution in [3.63, 3.8) is 0 Å². The van der Waals surface area contributed by atoms with Gasteiger partial charge in [-0.15, -0.1) is 0 Å². The van der Waals surface area contributed by atoms with Crippen LogP contribution in [0.25, 0.3) is 0 Å². The zero-order valence-corrected chi connectivity index (χ0v) is 15.0. The van der Waals surface area contributed by atoms with Gasteiger partial charge in [0.05, 0.1) is 17.4 Å². The summed E-state index contributed by atoms with van der Waals surface area (Å²) in [4.78, 5) is 2.08. The second-order valence-corrected chi connectivity index (χ2v) is 8.43. The van der Waals surface area contributed by atoms with E-state index in [2.05, 4.69) is 10.00 Å². The third-order valence-corrected chi connectivity index (χ3v) is 5.98. The Kier molecular flexibility index (Phi) is 5.26. The Labute approximate surface area is 133 Å². The van der Waals surface area contributed by atoms with Crippen LogP contribution in [0.1, 0.15) is 36.7 Å². The van der Waals surface area contributed by atoms with Crippen LogP contribution in [0, 0.1) is 0 Å². The fourth-order valence-corrected chi connectivity index (χ4v) is 4.17. The number of hydrogen-bond acceptors (Lipinski definition) is 4. The largest absolute Gasteiger partial charge is 0.304 e. The van der Waals surface area contributed by atoms with Gasteiger partial charge in [-0.3, -0.25) is 4.68 Å². The van der Waals surface area contributed by atoms with Crippen LogP contribution in [0.15, 0.2) is 6.07 Å². The zero-order valence-electron chi connectivity index (χ0n) is 14.2. The summed E-state index contributed by atoms with van der Waals surface area (Å²) in [6, 6.07) is 1.87. The highest BCUT2D eigenvalue weighted by Crippen LogP contribution is 2.33. The molecule has 0 bridgehead atoms. The lowest BCUT2D eigenvalue weighted by molar-refractivity contribution is 0.238. The van der Waals surface area contributed by atoms with E-state index in [1.165, 1.54) is 4.31 Å². The summed E-state index contributed by atoms with van der Waals surface area (Å²) in [6.07, 6.45) is 2.76. The molecule has 1 aliphatic rings. The van der Waals surface area contributed by atoms with Gasteiger partial charge in [0.1, 0.15) is 0 Å². The van der Waals surface area contributed by atoms with Gasteiger partial charge in [0, 0.05) is 34.2 Å². The first kappa shape index (κ1) is 17.4. The Balaban J connectivity index is 2.32. The van der Waals surface area contributed by atoms with Gasteiger partial charge in [0.15, 0.2) is 0 Å². The average molecular weight is 329 g/mol. The molecule has 0 aromatic carbocycles. The highest BCUT2D eigenvalue weighted by Gasteiger charge is 2.36. The Hall–Kier alpha value is -0.960. The minimum absolute atomic E-state index is 0.164. The molecule has 1 saturated heterocycles. The Morgan fingerprint density at radius 1 is 1.27 bits per heavy atom. The Morgan fingerprint density at radius 3 is 2.55 bits per heavy atom. The Morgan fingerprint density at radius 2 is 1.95 bits per heavy atom. The first-order chi connectivity index (χ1) is 10.2. The van der Waals surface area contributed by atoms with Crippen molar-refractivity contribution >= 4 is 10.2 Å². The molecule has 7 nitrogen and oxygen atoms in total. The van der Waals surface area contributed by atoms with E-state index < -0.39 is 10.2 Å². The smallest absolute Gasteiger partial charge is 0.282 e. The van der Waals surface area contributed by atoms with Crippen molar-refractivity contribution in [1.29, 1.82) is 0 Å². The van der Waals surface area contributed by atoms with Crippen molar-refractivity contribution in [1.82, 2.24) is 23.3 Å². The summed E-state index contributed by atoms with van der Waals surface area (Å²) in [5, 5.41) is 4.58. The minimum atomic E-state index is -3.42. The summed E-state index contributed by atoms with van der Waals surface area (Å²) < 4.78 is 29.8. The number of nitrogens with zero attached hydrogens (tertiary/aromatic N) is 5. The van der Waals surface area contributed by atoms with E-state index in [0.29, 0.717) is 6.54 Å². The molecule has 1 unspecified atom stereocenters. The molecule has 0 aliphatic carbocycles. The first-order valence-electron chi connectivity index (χ1n) is 7.60. The number of hydrogen-bond donors (Lipinski definition) is 0. The molecule has 22 heavy (non-hydrogen) atoms. The van der Waals surface area contributed by atoms with Gasteiger partial charge in [-0.25, -0.2) is 0 Å². The van der Waals surface area contributed by atoms with Crippen molar-refractivity contribution in [2.45, 2.75) is 31.8 Å². The quantitative estimate of drug-likeness (QED) is 0.802. The van der Waals surface area contributed by atoms with Gasteiger partial charge in [-0.05, 0) is 33.0 Å². The summed E-state index contributed by atoms with van der Waals surface area (Å²) in [5.41, 5.74) is 1.94. The van der Waals surface area contributed by atoms with Crippen LogP contribution in [0.2, 0.25) is 0 Å². The van der Waals surface area contributed by atoms with Crippen LogP contribution < -0.4 is 0 Å². The molecule has 1 aromatic heterocycles. The van der Waals surface area contributed by atoms with Crippen LogP contribution in [-0.2, 0) is 23.8 Å². The van der Waals surface area contributed by atoms with E-state index in [-0.39, 0.29) is 6.04 Å². The lowest BCUT2D eigenvalue weighted by Crippen LogP contribution is -2.44. The molecule has 2 rings (SSSR count). The lowest BCUT2D eigenvalue weighted by atomic mass is 10.0. The van der Waals surface area contributed by atoms with Crippen molar-refractivity contribution in [3.05, 3.63) is 17.5 Å². The van der Waals surface area contributed by atoms with E-state index in [0.717, 1.165) is 37.2 Å². The molecule has 0 amide bonds. The summed E-state index contributed by atoms with van der Waals surface area (Å²) in [6.45, 7) is 1.35. The van der Waals surface area contributed by atoms with Gasteiger partial charge >= 0.3 is 0 Å². The maximum absolute atomic E-state index is 12.5. The van der Waals surface area contributed by atoms with Crippen molar-refractivity contribution in [3.8, 4) is 0 Å². The molecule has 1 fully saturated rings. The Bertz CT molecular complexity index is 609. The molecule has 1 aromatic rings. The summed E-state index contributed by atoms with van der Waals surface area (Å²) >= 11 is 0. The van der Waals surface area contributed by atoms with Gasteiger partial charge in [0.2, 0.25) is 0 Å². The van der Waals surface area contributed by atoms with Crippen molar-refractivity contribution in [2.75, 3.05) is 34.7 Å². The number of aromatic nitrogens is 2. The predicted octanol–water partition coefficient (Wildman–Crippen LogP) is 0.815. The molecular weight excluding hydrogens is 302 g/mol. The predicted molar refractivity (Wildman–Crippen MR) is 86.5 cm³/mol.